The Bertz CT molecular complexity index is 866. The summed E-state index contributed by atoms with van der Waals surface area (Å²) in [5.74, 6) is -0.368. The van der Waals surface area contributed by atoms with Gasteiger partial charge in [0.2, 0.25) is 5.91 Å². The Labute approximate surface area is 187 Å². The molecule has 3 amide bonds. The number of methoxy groups -OCH3 is 1. The van der Waals surface area contributed by atoms with Crippen LogP contribution in [0.15, 0.2) is 30.9 Å². The molecule has 176 valence electrons. The minimum absolute atomic E-state index is 0.0127. The Balaban J connectivity index is 2.31. The summed E-state index contributed by atoms with van der Waals surface area (Å²) in [6.07, 6.45) is 0.247. The van der Waals surface area contributed by atoms with Crippen molar-refractivity contribution in [3.8, 4) is 0 Å². The molecule has 0 fully saturated rings. The molecule has 2 rings (SSSR count). The number of alkyl carbamates (subject to hydrolysis) is 1. The summed E-state index contributed by atoms with van der Waals surface area (Å²) < 4.78 is 15.3. The van der Waals surface area contributed by atoms with E-state index in [9.17, 15) is 19.5 Å². The SMILES string of the molecule is C=CCOC(=O)NCCC1(CO)C(=O)N(COC)c2ccc(NC(=O)OC(C)(C)C)cc21. The van der Waals surface area contributed by atoms with Gasteiger partial charge in [0.05, 0.1) is 12.3 Å². The maximum absolute atomic E-state index is 13.3. The number of nitrogens with one attached hydrogen (secondary N) is 2. The van der Waals surface area contributed by atoms with Crippen LogP contribution in [-0.4, -0.2) is 62.4 Å². The maximum Gasteiger partial charge on any atom is 0.412 e. The number of carbonyl (C=O) groups is 3. The number of hydrogen-bond acceptors (Lipinski definition) is 7. The normalized spacial score (nSPS) is 17.5. The van der Waals surface area contributed by atoms with E-state index in [2.05, 4.69) is 17.2 Å². The number of benzene rings is 1. The van der Waals surface area contributed by atoms with Crippen molar-refractivity contribution in [2.24, 2.45) is 0 Å². The summed E-state index contributed by atoms with van der Waals surface area (Å²) in [6.45, 7) is 8.34. The molecule has 10 heteroatoms. The van der Waals surface area contributed by atoms with Gasteiger partial charge < -0.3 is 24.6 Å². The molecule has 1 aromatic rings. The number of carbonyl (C=O) groups excluding carboxylic acids is 3. The monoisotopic (exact) mass is 449 g/mol. The number of aliphatic hydroxyl groups is 1. The van der Waals surface area contributed by atoms with Crippen LogP contribution in [-0.2, 0) is 24.4 Å². The van der Waals surface area contributed by atoms with Gasteiger partial charge in [0, 0.05) is 19.3 Å². The van der Waals surface area contributed by atoms with Gasteiger partial charge in [-0.1, -0.05) is 12.7 Å². The molecule has 1 unspecified atom stereocenters. The first kappa shape index (κ1) is 25.2. The Hall–Kier alpha value is -3.11. The van der Waals surface area contributed by atoms with E-state index < -0.39 is 29.8 Å². The quantitative estimate of drug-likeness (QED) is 0.495. The zero-order chi connectivity index (χ0) is 23.9. The second-order valence-corrected chi connectivity index (χ2v) is 8.31. The summed E-state index contributed by atoms with van der Waals surface area (Å²) in [6, 6.07) is 4.93. The number of rotatable bonds is 9. The molecule has 1 aromatic carbocycles. The van der Waals surface area contributed by atoms with Crippen LogP contribution in [0.25, 0.3) is 0 Å². The van der Waals surface area contributed by atoms with Crippen LogP contribution in [0.2, 0.25) is 0 Å². The lowest BCUT2D eigenvalue weighted by Gasteiger charge is -2.27. The Morgan fingerprint density at radius 1 is 1.28 bits per heavy atom. The molecule has 0 saturated carbocycles. The largest absolute Gasteiger partial charge is 0.445 e. The van der Waals surface area contributed by atoms with Crippen LogP contribution >= 0.6 is 0 Å². The van der Waals surface area contributed by atoms with E-state index in [4.69, 9.17) is 14.2 Å². The molecular weight excluding hydrogens is 418 g/mol. The second-order valence-electron chi connectivity index (χ2n) is 8.31. The van der Waals surface area contributed by atoms with Gasteiger partial charge >= 0.3 is 12.2 Å². The second kappa shape index (κ2) is 10.5. The van der Waals surface area contributed by atoms with E-state index in [0.717, 1.165) is 0 Å². The molecule has 0 radical (unpaired) electrons. The molecule has 3 N–H and O–H groups in total. The smallest absolute Gasteiger partial charge is 0.412 e. The molecule has 0 saturated heterocycles. The van der Waals surface area contributed by atoms with E-state index in [0.29, 0.717) is 16.9 Å². The summed E-state index contributed by atoms with van der Waals surface area (Å²) in [5, 5.41) is 15.5. The highest BCUT2D eigenvalue weighted by molar-refractivity contribution is 6.08. The fraction of sp³-hybridized carbons (Fsp3) is 0.500. The third-order valence-corrected chi connectivity index (χ3v) is 4.78. The van der Waals surface area contributed by atoms with Gasteiger partial charge in [-0.05, 0) is 51.0 Å². The topological polar surface area (TPSA) is 126 Å². The summed E-state index contributed by atoms with van der Waals surface area (Å²) in [4.78, 5) is 38.6. The molecule has 32 heavy (non-hydrogen) atoms. The fourth-order valence-electron chi connectivity index (χ4n) is 3.43. The Morgan fingerprint density at radius 3 is 2.59 bits per heavy atom. The number of anilines is 2. The number of ether oxygens (including phenoxy) is 3. The number of amides is 3. The molecule has 0 aliphatic carbocycles. The molecule has 0 aromatic heterocycles. The van der Waals surface area contributed by atoms with Crippen molar-refractivity contribution in [1.82, 2.24) is 5.32 Å². The summed E-state index contributed by atoms with van der Waals surface area (Å²) in [5.41, 5.74) is -0.536. The van der Waals surface area contributed by atoms with Gasteiger partial charge in [0.1, 0.15) is 24.4 Å². The van der Waals surface area contributed by atoms with Crippen LogP contribution in [0.4, 0.5) is 21.0 Å². The highest BCUT2D eigenvalue weighted by Crippen LogP contribution is 2.45. The lowest BCUT2D eigenvalue weighted by Crippen LogP contribution is -2.45. The lowest BCUT2D eigenvalue weighted by molar-refractivity contribution is -0.125. The molecule has 1 aliphatic heterocycles. The molecule has 10 nitrogen and oxygen atoms in total. The van der Waals surface area contributed by atoms with E-state index in [1.54, 1.807) is 39.0 Å². The first-order valence-corrected chi connectivity index (χ1v) is 10.2. The minimum atomic E-state index is -1.33. The first-order valence-electron chi connectivity index (χ1n) is 10.2. The van der Waals surface area contributed by atoms with Crippen LogP contribution in [0.1, 0.15) is 32.8 Å². The van der Waals surface area contributed by atoms with Crippen LogP contribution in [0, 0.1) is 0 Å². The summed E-state index contributed by atoms with van der Waals surface area (Å²) in [7, 11) is 1.46. The van der Waals surface area contributed by atoms with Crippen molar-refractivity contribution >= 4 is 29.5 Å². The van der Waals surface area contributed by atoms with Crippen molar-refractivity contribution < 1.29 is 33.7 Å². The summed E-state index contributed by atoms with van der Waals surface area (Å²) >= 11 is 0. The van der Waals surface area contributed by atoms with Gasteiger partial charge in [-0.3, -0.25) is 15.0 Å². The van der Waals surface area contributed by atoms with Crippen LogP contribution < -0.4 is 15.5 Å². The molecular formula is C22H31N3O7. The van der Waals surface area contributed by atoms with Gasteiger partial charge in [-0.2, -0.15) is 0 Å². The molecule has 1 atom stereocenters. The van der Waals surface area contributed by atoms with Crippen molar-refractivity contribution in [2.75, 3.05) is 43.8 Å². The predicted molar refractivity (Wildman–Crippen MR) is 119 cm³/mol. The Kier molecular flexibility index (Phi) is 8.23. The number of aliphatic hydroxyl groups excluding tert-OH is 1. The lowest BCUT2D eigenvalue weighted by atomic mass is 9.79. The van der Waals surface area contributed by atoms with Crippen LogP contribution in [0.5, 0.6) is 0 Å². The number of fused-ring (bicyclic) bond motifs is 1. The van der Waals surface area contributed by atoms with E-state index in [1.807, 2.05) is 0 Å². The minimum Gasteiger partial charge on any atom is -0.445 e. The zero-order valence-corrected chi connectivity index (χ0v) is 18.9. The van der Waals surface area contributed by atoms with Crippen molar-refractivity contribution in [1.29, 1.82) is 0 Å². The molecule has 0 bridgehead atoms. The maximum atomic E-state index is 13.3. The number of hydrogen-bond donors (Lipinski definition) is 3. The van der Waals surface area contributed by atoms with Crippen molar-refractivity contribution in [3.05, 3.63) is 36.4 Å². The van der Waals surface area contributed by atoms with Gasteiger partial charge in [-0.25, -0.2) is 9.59 Å². The van der Waals surface area contributed by atoms with E-state index >= 15 is 0 Å². The van der Waals surface area contributed by atoms with E-state index in [-0.39, 0.29) is 32.2 Å². The third kappa shape index (κ3) is 5.77. The predicted octanol–water partition coefficient (Wildman–Crippen LogP) is 2.52. The van der Waals surface area contributed by atoms with Crippen molar-refractivity contribution in [2.45, 2.75) is 38.2 Å². The zero-order valence-electron chi connectivity index (χ0n) is 18.9. The van der Waals surface area contributed by atoms with Gasteiger partial charge in [0.25, 0.3) is 0 Å². The third-order valence-electron chi connectivity index (χ3n) is 4.78. The van der Waals surface area contributed by atoms with Crippen molar-refractivity contribution in [3.63, 3.8) is 0 Å². The molecule has 1 heterocycles. The molecule has 1 aliphatic rings. The van der Waals surface area contributed by atoms with E-state index in [1.165, 1.54) is 18.1 Å². The molecule has 0 spiro atoms. The fourth-order valence-corrected chi connectivity index (χ4v) is 3.43. The van der Waals surface area contributed by atoms with Crippen LogP contribution in [0.3, 0.4) is 0 Å². The number of nitrogens with zero attached hydrogens (tertiary/aromatic N) is 1. The van der Waals surface area contributed by atoms with Gasteiger partial charge in [0.15, 0.2) is 0 Å². The first-order chi connectivity index (χ1) is 15.1. The Morgan fingerprint density at radius 2 is 2.00 bits per heavy atom. The highest BCUT2D eigenvalue weighted by atomic mass is 16.6. The average molecular weight is 450 g/mol. The highest BCUT2D eigenvalue weighted by Gasteiger charge is 2.50. The standard InChI is InChI=1S/C22H31N3O7/c1-6-11-31-19(28)23-10-9-22(13-26)16-12-15(24-20(29)32-21(2,3)4)7-8-17(16)25(14-30-5)18(22)27/h6-8,12,26H,1,9-11,13-14H2,2-5H3,(H,23,28)(H,24,29). The van der Waals surface area contributed by atoms with Gasteiger partial charge in [-0.15, -0.1) is 0 Å². The average Bonchev–Trinajstić information content (AvgIpc) is 2.93.